The van der Waals surface area contributed by atoms with Crippen molar-refractivity contribution in [2.75, 3.05) is 5.33 Å². The molecule has 0 radical (unpaired) electrons. The Hall–Kier alpha value is -0.0500. The van der Waals surface area contributed by atoms with Gasteiger partial charge in [-0.1, -0.05) is 22.9 Å². The number of carbonyl (C=O) groups excluding carboxylic acids is 1. The lowest BCUT2D eigenvalue weighted by Gasteiger charge is -2.15. The molecule has 2 nitrogen and oxygen atoms in total. The summed E-state index contributed by atoms with van der Waals surface area (Å²) < 4.78 is 0. The Morgan fingerprint density at radius 2 is 2.31 bits per heavy atom. The number of carbonyl (C=O) groups is 1. The topological polar surface area (TPSA) is 29.1 Å². The number of rotatable bonds is 6. The van der Waals surface area contributed by atoms with Crippen molar-refractivity contribution in [2.45, 2.75) is 45.1 Å². The number of nitrogens with one attached hydrogen (secondary N) is 1. The summed E-state index contributed by atoms with van der Waals surface area (Å²) in [4.78, 5) is 11.4. The Balaban J connectivity index is 2.14. The molecule has 76 valence electrons. The van der Waals surface area contributed by atoms with E-state index in [4.69, 9.17) is 0 Å². The van der Waals surface area contributed by atoms with Gasteiger partial charge in [0.05, 0.1) is 0 Å². The van der Waals surface area contributed by atoms with E-state index in [1.807, 2.05) is 0 Å². The molecule has 1 amide bonds. The van der Waals surface area contributed by atoms with Crippen LogP contribution < -0.4 is 5.32 Å². The number of amides is 1. The zero-order chi connectivity index (χ0) is 9.68. The number of hydrogen-bond donors (Lipinski definition) is 1. The summed E-state index contributed by atoms with van der Waals surface area (Å²) in [5, 5.41) is 4.04. The second-order valence-electron chi connectivity index (χ2n) is 3.80. The number of hydrogen-bond acceptors (Lipinski definition) is 1. The van der Waals surface area contributed by atoms with Gasteiger partial charge in [0.25, 0.3) is 0 Å². The maximum atomic E-state index is 11.4. The minimum absolute atomic E-state index is 0.246. The molecular weight excluding hydrogens is 230 g/mol. The Kier molecular flexibility index (Phi) is 4.78. The van der Waals surface area contributed by atoms with E-state index in [-0.39, 0.29) is 5.91 Å². The SMILES string of the molecule is CCC(CCBr)NC(=O)CC1CC1. The molecule has 1 aliphatic carbocycles. The molecule has 1 N–H and O–H groups in total. The highest BCUT2D eigenvalue weighted by Crippen LogP contribution is 2.32. The van der Waals surface area contributed by atoms with Crippen molar-refractivity contribution in [3.05, 3.63) is 0 Å². The first-order valence-corrected chi connectivity index (χ1v) is 6.23. The number of halogens is 1. The normalized spacial score (nSPS) is 18.3. The first-order valence-electron chi connectivity index (χ1n) is 5.11. The second-order valence-corrected chi connectivity index (χ2v) is 4.59. The summed E-state index contributed by atoms with van der Waals surface area (Å²) in [6.07, 6.45) is 5.32. The van der Waals surface area contributed by atoms with Gasteiger partial charge in [-0.15, -0.1) is 0 Å². The third kappa shape index (κ3) is 4.65. The van der Waals surface area contributed by atoms with Crippen LogP contribution in [0, 0.1) is 5.92 Å². The van der Waals surface area contributed by atoms with Crippen molar-refractivity contribution in [2.24, 2.45) is 5.92 Å². The van der Waals surface area contributed by atoms with Gasteiger partial charge in [0, 0.05) is 17.8 Å². The summed E-state index contributed by atoms with van der Waals surface area (Å²) in [6.45, 7) is 2.12. The van der Waals surface area contributed by atoms with Gasteiger partial charge in [0.15, 0.2) is 0 Å². The number of alkyl halides is 1. The maximum absolute atomic E-state index is 11.4. The molecule has 1 aliphatic rings. The third-order valence-electron chi connectivity index (χ3n) is 2.49. The summed E-state index contributed by atoms with van der Waals surface area (Å²) in [5.74, 6) is 0.941. The summed E-state index contributed by atoms with van der Waals surface area (Å²) in [5.41, 5.74) is 0. The summed E-state index contributed by atoms with van der Waals surface area (Å²) >= 11 is 3.39. The molecule has 1 unspecified atom stereocenters. The van der Waals surface area contributed by atoms with Gasteiger partial charge in [-0.05, 0) is 31.6 Å². The fourth-order valence-corrected chi connectivity index (χ4v) is 1.93. The molecule has 13 heavy (non-hydrogen) atoms. The van der Waals surface area contributed by atoms with Gasteiger partial charge in [0.2, 0.25) is 5.91 Å². The highest BCUT2D eigenvalue weighted by Gasteiger charge is 2.24. The van der Waals surface area contributed by atoms with Crippen molar-refractivity contribution in [1.29, 1.82) is 0 Å². The van der Waals surface area contributed by atoms with Crippen LogP contribution in [0.3, 0.4) is 0 Å². The Bertz CT molecular complexity index is 168. The average molecular weight is 248 g/mol. The molecule has 0 aromatic carbocycles. The van der Waals surface area contributed by atoms with Crippen LogP contribution in [0.5, 0.6) is 0 Å². The van der Waals surface area contributed by atoms with Crippen molar-refractivity contribution < 1.29 is 4.79 Å². The van der Waals surface area contributed by atoms with Crippen LogP contribution in [-0.4, -0.2) is 17.3 Å². The van der Waals surface area contributed by atoms with Gasteiger partial charge in [-0.25, -0.2) is 0 Å². The lowest BCUT2D eigenvalue weighted by atomic mass is 10.1. The van der Waals surface area contributed by atoms with E-state index in [1.54, 1.807) is 0 Å². The largest absolute Gasteiger partial charge is 0.353 e. The summed E-state index contributed by atoms with van der Waals surface area (Å²) in [6, 6.07) is 0.366. The minimum atomic E-state index is 0.246. The highest BCUT2D eigenvalue weighted by molar-refractivity contribution is 9.09. The molecule has 0 saturated heterocycles. The van der Waals surface area contributed by atoms with Crippen molar-refractivity contribution in [3.8, 4) is 0 Å². The van der Waals surface area contributed by atoms with Crippen LogP contribution in [-0.2, 0) is 4.79 Å². The van der Waals surface area contributed by atoms with Crippen molar-refractivity contribution in [1.82, 2.24) is 5.32 Å². The lowest BCUT2D eigenvalue weighted by molar-refractivity contribution is -0.122. The molecule has 0 aliphatic heterocycles. The molecule has 0 spiro atoms. The zero-order valence-electron chi connectivity index (χ0n) is 8.18. The van der Waals surface area contributed by atoms with E-state index in [9.17, 15) is 4.79 Å². The highest BCUT2D eigenvalue weighted by atomic mass is 79.9. The predicted molar refractivity (Wildman–Crippen MR) is 58.0 cm³/mol. The van der Waals surface area contributed by atoms with E-state index < -0.39 is 0 Å². The first kappa shape index (κ1) is 11.0. The van der Waals surface area contributed by atoms with Gasteiger partial charge in [0.1, 0.15) is 0 Å². The van der Waals surface area contributed by atoms with E-state index in [1.165, 1.54) is 12.8 Å². The first-order chi connectivity index (χ1) is 6.26. The van der Waals surface area contributed by atoms with Crippen LogP contribution in [0.4, 0.5) is 0 Å². The van der Waals surface area contributed by atoms with E-state index in [0.29, 0.717) is 12.0 Å². The van der Waals surface area contributed by atoms with E-state index >= 15 is 0 Å². The molecule has 0 bridgehead atoms. The van der Waals surface area contributed by atoms with Gasteiger partial charge < -0.3 is 5.32 Å². The van der Waals surface area contributed by atoms with Crippen molar-refractivity contribution in [3.63, 3.8) is 0 Å². The smallest absolute Gasteiger partial charge is 0.220 e. The van der Waals surface area contributed by atoms with Crippen LogP contribution in [0.25, 0.3) is 0 Å². The molecule has 1 fully saturated rings. The molecule has 0 aromatic rings. The average Bonchev–Trinajstić information content (AvgIpc) is 2.87. The maximum Gasteiger partial charge on any atom is 0.220 e. The minimum Gasteiger partial charge on any atom is -0.353 e. The fourth-order valence-electron chi connectivity index (χ4n) is 1.38. The van der Waals surface area contributed by atoms with Gasteiger partial charge >= 0.3 is 0 Å². The van der Waals surface area contributed by atoms with Gasteiger partial charge in [-0.2, -0.15) is 0 Å². The monoisotopic (exact) mass is 247 g/mol. The molecule has 1 saturated carbocycles. The molecule has 3 heteroatoms. The van der Waals surface area contributed by atoms with Crippen LogP contribution >= 0.6 is 15.9 Å². The molecule has 0 aromatic heterocycles. The third-order valence-corrected chi connectivity index (χ3v) is 2.94. The Morgan fingerprint density at radius 3 is 2.77 bits per heavy atom. The lowest BCUT2D eigenvalue weighted by Crippen LogP contribution is -2.34. The fraction of sp³-hybridized carbons (Fsp3) is 0.900. The molecule has 0 heterocycles. The second kappa shape index (κ2) is 5.63. The predicted octanol–water partition coefficient (Wildman–Crippen LogP) is 2.47. The standard InChI is InChI=1S/C10H18BrNO/c1-2-9(5-6-11)12-10(13)7-8-3-4-8/h8-9H,2-7H2,1H3,(H,12,13). The van der Waals surface area contributed by atoms with E-state index in [2.05, 4.69) is 28.2 Å². The quantitative estimate of drug-likeness (QED) is 0.719. The molecular formula is C10H18BrNO. The van der Waals surface area contributed by atoms with Crippen LogP contribution in [0.2, 0.25) is 0 Å². The zero-order valence-corrected chi connectivity index (χ0v) is 9.77. The summed E-state index contributed by atoms with van der Waals surface area (Å²) in [7, 11) is 0. The van der Waals surface area contributed by atoms with Crippen molar-refractivity contribution >= 4 is 21.8 Å². The molecule has 1 rings (SSSR count). The van der Waals surface area contributed by atoms with Crippen LogP contribution in [0.15, 0.2) is 0 Å². The van der Waals surface area contributed by atoms with Gasteiger partial charge in [-0.3, -0.25) is 4.79 Å². The Morgan fingerprint density at radius 1 is 1.62 bits per heavy atom. The van der Waals surface area contributed by atoms with E-state index in [0.717, 1.165) is 24.6 Å². The molecule has 1 atom stereocenters. The Labute approximate surface area is 88.6 Å². The van der Waals surface area contributed by atoms with Crippen LogP contribution in [0.1, 0.15) is 39.0 Å².